The Labute approximate surface area is 103 Å². The van der Waals surface area contributed by atoms with Crippen molar-refractivity contribution in [2.45, 2.75) is 6.92 Å². The number of nitriles is 1. The highest BCUT2D eigenvalue weighted by Gasteiger charge is 2.11. The first-order chi connectivity index (χ1) is 8.61. The number of anilines is 1. The van der Waals surface area contributed by atoms with Gasteiger partial charge in [-0.3, -0.25) is 9.89 Å². The molecule has 6 nitrogen and oxygen atoms in total. The van der Waals surface area contributed by atoms with E-state index in [1.807, 2.05) is 6.07 Å². The minimum absolute atomic E-state index is 0.130. The Kier molecular flexibility index (Phi) is 2.98. The molecule has 0 aliphatic rings. The zero-order chi connectivity index (χ0) is 13.1. The fraction of sp³-hybridized carbons (Fsp3) is 0.0833. The first-order valence-corrected chi connectivity index (χ1v) is 5.16. The summed E-state index contributed by atoms with van der Waals surface area (Å²) in [6, 6.07) is 6.41. The second-order valence-electron chi connectivity index (χ2n) is 3.73. The second kappa shape index (κ2) is 4.59. The third-order valence-corrected chi connectivity index (χ3v) is 2.46. The molecule has 18 heavy (non-hydrogen) atoms. The highest BCUT2D eigenvalue weighted by atomic mass is 16.3. The van der Waals surface area contributed by atoms with Crippen LogP contribution in [0.4, 0.5) is 5.82 Å². The predicted octanol–water partition coefficient (Wildman–Crippen LogP) is 1.55. The summed E-state index contributed by atoms with van der Waals surface area (Å²) in [4.78, 5) is 11.9. The number of carbonyl (C=O) groups is 1. The smallest absolute Gasteiger partial charge is 0.256 e. The van der Waals surface area contributed by atoms with Crippen LogP contribution < -0.4 is 5.32 Å². The van der Waals surface area contributed by atoms with Crippen molar-refractivity contribution in [1.29, 1.82) is 5.26 Å². The Morgan fingerprint density at radius 2 is 2.33 bits per heavy atom. The van der Waals surface area contributed by atoms with Gasteiger partial charge in [-0.15, -0.1) is 0 Å². The molecule has 0 aliphatic heterocycles. The number of phenolic OH excluding ortho intramolecular Hbond substituents is 1. The van der Waals surface area contributed by atoms with E-state index in [-0.39, 0.29) is 23.0 Å². The van der Waals surface area contributed by atoms with Crippen LogP contribution in [0.5, 0.6) is 5.75 Å². The minimum Gasteiger partial charge on any atom is -0.508 e. The quantitative estimate of drug-likeness (QED) is 0.743. The van der Waals surface area contributed by atoms with E-state index in [1.165, 1.54) is 18.3 Å². The Bertz CT molecular complexity index is 640. The van der Waals surface area contributed by atoms with Gasteiger partial charge in [0, 0.05) is 5.56 Å². The Balaban J connectivity index is 2.23. The summed E-state index contributed by atoms with van der Waals surface area (Å²) < 4.78 is 0. The Morgan fingerprint density at radius 1 is 1.56 bits per heavy atom. The van der Waals surface area contributed by atoms with E-state index in [9.17, 15) is 9.90 Å². The van der Waals surface area contributed by atoms with Crippen LogP contribution >= 0.6 is 0 Å². The zero-order valence-corrected chi connectivity index (χ0v) is 9.56. The summed E-state index contributed by atoms with van der Waals surface area (Å²) in [6.07, 6.45) is 1.33. The van der Waals surface area contributed by atoms with Gasteiger partial charge in [-0.25, -0.2) is 0 Å². The van der Waals surface area contributed by atoms with Crippen molar-refractivity contribution in [3.05, 3.63) is 41.1 Å². The zero-order valence-electron chi connectivity index (χ0n) is 9.56. The van der Waals surface area contributed by atoms with Crippen LogP contribution in [0, 0.1) is 18.3 Å². The molecule has 3 N–H and O–H groups in total. The highest BCUT2D eigenvalue weighted by molar-refractivity contribution is 6.04. The molecule has 0 aliphatic carbocycles. The lowest BCUT2D eigenvalue weighted by atomic mass is 10.1. The van der Waals surface area contributed by atoms with E-state index in [0.717, 1.165) is 0 Å². The molecule has 0 atom stereocenters. The minimum atomic E-state index is -0.376. The number of hydrogen-bond acceptors (Lipinski definition) is 4. The number of phenols is 1. The van der Waals surface area contributed by atoms with Crippen molar-refractivity contribution >= 4 is 11.7 Å². The molecule has 0 saturated carbocycles. The average Bonchev–Trinajstić information content (AvgIpc) is 2.79. The number of nitrogens with zero attached hydrogens (tertiary/aromatic N) is 2. The van der Waals surface area contributed by atoms with Crippen molar-refractivity contribution in [2.24, 2.45) is 0 Å². The molecule has 2 rings (SSSR count). The van der Waals surface area contributed by atoms with Gasteiger partial charge < -0.3 is 10.4 Å². The highest BCUT2D eigenvalue weighted by Crippen LogP contribution is 2.18. The van der Waals surface area contributed by atoms with Crippen LogP contribution in [0.1, 0.15) is 21.5 Å². The first-order valence-electron chi connectivity index (χ1n) is 5.16. The number of aromatic amines is 1. The molecule has 0 bridgehead atoms. The number of aromatic hydroxyl groups is 1. The fourth-order valence-corrected chi connectivity index (χ4v) is 1.45. The molecule has 1 amide bonds. The molecular formula is C12H10N4O2. The summed E-state index contributed by atoms with van der Waals surface area (Å²) in [5.74, 6) is 0.0119. The number of carbonyl (C=O) groups excluding carboxylic acids is 1. The van der Waals surface area contributed by atoms with Crippen molar-refractivity contribution in [2.75, 3.05) is 5.32 Å². The van der Waals surface area contributed by atoms with Crippen LogP contribution in [0.3, 0.4) is 0 Å². The maximum Gasteiger partial charge on any atom is 0.256 e. The molecule has 1 aromatic heterocycles. The number of aryl methyl sites for hydroxylation is 1. The van der Waals surface area contributed by atoms with E-state index in [4.69, 9.17) is 5.26 Å². The summed E-state index contributed by atoms with van der Waals surface area (Å²) in [5.41, 5.74) is 1.26. The van der Waals surface area contributed by atoms with Crippen LogP contribution in [0.15, 0.2) is 24.4 Å². The lowest BCUT2D eigenvalue weighted by Crippen LogP contribution is -2.13. The number of hydrogen-bond donors (Lipinski definition) is 3. The molecule has 6 heteroatoms. The second-order valence-corrected chi connectivity index (χ2v) is 3.73. The van der Waals surface area contributed by atoms with Gasteiger partial charge in [0.1, 0.15) is 23.2 Å². The topological polar surface area (TPSA) is 102 Å². The summed E-state index contributed by atoms with van der Waals surface area (Å²) in [7, 11) is 0. The number of nitrogens with one attached hydrogen (secondary N) is 2. The molecule has 0 unspecified atom stereocenters. The van der Waals surface area contributed by atoms with Gasteiger partial charge in [0.15, 0.2) is 0 Å². The predicted molar refractivity (Wildman–Crippen MR) is 64.1 cm³/mol. The van der Waals surface area contributed by atoms with Crippen LogP contribution in [-0.4, -0.2) is 21.2 Å². The van der Waals surface area contributed by atoms with Gasteiger partial charge in [0.25, 0.3) is 5.91 Å². The van der Waals surface area contributed by atoms with Crippen molar-refractivity contribution in [3.63, 3.8) is 0 Å². The molecule has 1 aromatic carbocycles. The maximum absolute atomic E-state index is 11.9. The number of aromatic nitrogens is 2. The van der Waals surface area contributed by atoms with Gasteiger partial charge >= 0.3 is 0 Å². The number of amides is 1. The Morgan fingerprint density at radius 3 is 3.00 bits per heavy atom. The average molecular weight is 242 g/mol. The summed E-state index contributed by atoms with van der Waals surface area (Å²) in [5, 5.41) is 26.9. The van der Waals surface area contributed by atoms with E-state index in [0.29, 0.717) is 11.1 Å². The van der Waals surface area contributed by atoms with E-state index in [1.54, 1.807) is 13.0 Å². The van der Waals surface area contributed by atoms with Gasteiger partial charge in [-0.1, -0.05) is 0 Å². The molecule has 2 aromatic rings. The monoisotopic (exact) mass is 242 g/mol. The molecule has 0 spiro atoms. The molecule has 0 radical (unpaired) electrons. The van der Waals surface area contributed by atoms with Gasteiger partial charge in [-0.05, 0) is 30.7 Å². The molecule has 0 fully saturated rings. The van der Waals surface area contributed by atoms with Crippen molar-refractivity contribution in [1.82, 2.24) is 10.2 Å². The van der Waals surface area contributed by atoms with Crippen LogP contribution in [0.25, 0.3) is 0 Å². The number of benzene rings is 1. The fourth-order valence-electron chi connectivity index (χ4n) is 1.45. The molecule has 0 saturated heterocycles. The third-order valence-electron chi connectivity index (χ3n) is 2.46. The van der Waals surface area contributed by atoms with E-state index in [2.05, 4.69) is 15.5 Å². The Hall–Kier alpha value is -2.81. The standard InChI is InChI=1S/C12H10N4O2/c1-7-4-8(2-3-10(7)17)12(18)15-11-9(5-13)6-14-16-11/h2-4,6,17H,1H3,(H2,14,15,16,18). The van der Waals surface area contributed by atoms with Gasteiger partial charge in [-0.2, -0.15) is 10.4 Å². The van der Waals surface area contributed by atoms with Gasteiger partial charge in [0.05, 0.1) is 6.20 Å². The first kappa shape index (κ1) is 11.7. The van der Waals surface area contributed by atoms with E-state index >= 15 is 0 Å². The number of H-pyrrole nitrogens is 1. The van der Waals surface area contributed by atoms with Crippen molar-refractivity contribution in [3.8, 4) is 11.8 Å². The molecular weight excluding hydrogens is 232 g/mol. The lowest BCUT2D eigenvalue weighted by Gasteiger charge is -2.05. The SMILES string of the molecule is Cc1cc(C(=O)Nc2[nH]ncc2C#N)ccc1O. The molecule has 1 heterocycles. The number of rotatable bonds is 2. The van der Waals surface area contributed by atoms with Crippen molar-refractivity contribution < 1.29 is 9.90 Å². The van der Waals surface area contributed by atoms with Crippen LogP contribution in [-0.2, 0) is 0 Å². The van der Waals surface area contributed by atoms with Crippen LogP contribution in [0.2, 0.25) is 0 Å². The maximum atomic E-state index is 11.9. The largest absolute Gasteiger partial charge is 0.508 e. The summed E-state index contributed by atoms with van der Waals surface area (Å²) >= 11 is 0. The third kappa shape index (κ3) is 2.15. The summed E-state index contributed by atoms with van der Waals surface area (Å²) in [6.45, 7) is 1.70. The normalized spacial score (nSPS) is 9.78. The molecule has 90 valence electrons. The lowest BCUT2D eigenvalue weighted by molar-refractivity contribution is 0.102. The van der Waals surface area contributed by atoms with Gasteiger partial charge in [0.2, 0.25) is 0 Å². The van der Waals surface area contributed by atoms with E-state index < -0.39 is 0 Å².